The molecule has 4 rings (SSSR count). The second-order valence-electron chi connectivity index (χ2n) is 7.45. The molecule has 0 radical (unpaired) electrons. The van der Waals surface area contributed by atoms with Gasteiger partial charge in [-0.3, -0.25) is 0 Å². The lowest BCUT2D eigenvalue weighted by molar-refractivity contribution is 0.0505. The van der Waals surface area contributed by atoms with Crippen molar-refractivity contribution in [3.05, 3.63) is 77.9 Å². The van der Waals surface area contributed by atoms with Gasteiger partial charge < -0.3 is 20.1 Å². The molecular formula is C23H24N2O4. The largest absolute Gasteiger partial charge is 0.478 e. The van der Waals surface area contributed by atoms with Gasteiger partial charge in [0.05, 0.1) is 17.6 Å². The number of carbonyl (C=O) groups is 2. The minimum Gasteiger partial charge on any atom is -0.478 e. The summed E-state index contributed by atoms with van der Waals surface area (Å²) in [6.07, 6.45) is 2.95. The Morgan fingerprint density at radius 2 is 2.03 bits per heavy atom. The molecule has 3 atom stereocenters. The molecule has 2 aliphatic rings. The van der Waals surface area contributed by atoms with Crippen molar-refractivity contribution in [3.8, 4) is 0 Å². The highest BCUT2D eigenvalue weighted by Gasteiger charge is 2.44. The quantitative estimate of drug-likeness (QED) is 0.742. The fourth-order valence-corrected chi connectivity index (χ4v) is 4.53. The van der Waals surface area contributed by atoms with E-state index in [1.54, 1.807) is 29.2 Å². The van der Waals surface area contributed by atoms with E-state index >= 15 is 0 Å². The van der Waals surface area contributed by atoms with Gasteiger partial charge in [0, 0.05) is 18.2 Å². The zero-order chi connectivity index (χ0) is 20.4. The number of aromatic carboxylic acids is 1. The highest BCUT2D eigenvalue weighted by Crippen LogP contribution is 2.50. The van der Waals surface area contributed by atoms with Crippen LogP contribution in [0.2, 0.25) is 0 Å². The van der Waals surface area contributed by atoms with Crippen LogP contribution in [0.5, 0.6) is 0 Å². The standard InChI is InChI=1S/C23H24N2O4/c1-2-13-29-23(28)25-12-6-9-17-20(15-7-4-3-5-8-15)24-19-11-10-16(22(26)27)14-18(19)21(17)25/h2-5,7-8,10-11,14,17,20-21,24H,1,6,9,12-13H2,(H,26,27). The second-order valence-corrected chi connectivity index (χ2v) is 7.45. The molecule has 2 aromatic rings. The first kappa shape index (κ1) is 19.1. The summed E-state index contributed by atoms with van der Waals surface area (Å²) in [6.45, 7) is 4.33. The molecular weight excluding hydrogens is 368 g/mol. The Balaban J connectivity index is 1.79. The molecule has 2 N–H and O–H groups in total. The van der Waals surface area contributed by atoms with Crippen molar-refractivity contribution in [1.29, 1.82) is 0 Å². The van der Waals surface area contributed by atoms with Crippen molar-refractivity contribution in [1.82, 2.24) is 4.90 Å². The van der Waals surface area contributed by atoms with E-state index in [1.807, 2.05) is 18.2 Å². The monoisotopic (exact) mass is 392 g/mol. The Morgan fingerprint density at radius 3 is 2.76 bits per heavy atom. The minimum absolute atomic E-state index is 0.0272. The summed E-state index contributed by atoms with van der Waals surface area (Å²) in [4.78, 5) is 26.1. The van der Waals surface area contributed by atoms with E-state index in [0.29, 0.717) is 6.54 Å². The lowest BCUT2D eigenvalue weighted by Crippen LogP contribution is -2.48. The number of piperidine rings is 1. The maximum atomic E-state index is 12.8. The fourth-order valence-electron chi connectivity index (χ4n) is 4.53. The van der Waals surface area contributed by atoms with E-state index in [1.165, 1.54) is 0 Å². The van der Waals surface area contributed by atoms with Crippen LogP contribution in [0.3, 0.4) is 0 Å². The Hall–Kier alpha value is -3.28. The zero-order valence-electron chi connectivity index (χ0n) is 16.1. The van der Waals surface area contributed by atoms with Gasteiger partial charge in [-0.25, -0.2) is 9.59 Å². The van der Waals surface area contributed by atoms with Gasteiger partial charge >= 0.3 is 12.1 Å². The van der Waals surface area contributed by atoms with Crippen LogP contribution in [0.4, 0.5) is 10.5 Å². The number of benzene rings is 2. The summed E-state index contributed by atoms with van der Waals surface area (Å²) in [7, 11) is 0. The number of carbonyl (C=O) groups excluding carboxylic acids is 1. The molecule has 150 valence electrons. The van der Waals surface area contributed by atoms with E-state index in [9.17, 15) is 14.7 Å². The number of rotatable bonds is 4. The predicted octanol–water partition coefficient (Wildman–Crippen LogP) is 4.63. The first-order valence-electron chi connectivity index (χ1n) is 9.83. The molecule has 0 spiro atoms. The predicted molar refractivity (Wildman–Crippen MR) is 110 cm³/mol. The molecule has 1 saturated heterocycles. The third-order valence-corrected chi connectivity index (χ3v) is 5.75. The van der Waals surface area contributed by atoms with Gasteiger partial charge in [-0.15, -0.1) is 0 Å². The van der Waals surface area contributed by atoms with E-state index in [0.717, 1.165) is 29.7 Å². The van der Waals surface area contributed by atoms with Gasteiger partial charge in [0.2, 0.25) is 0 Å². The molecule has 3 unspecified atom stereocenters. The van der Waals surface area contributed by atoms with Crippen LogP contribution < -0.4 is 5.32 Å². The number of carboxylic acids is 1. The highest BCUT2D eigenvalue weighted by molar-refractivity contribution is 5.89. The molecule has 2 heterocycles. The van der Waals surface area contributed by atoms with Crippen molar-refractivity contribution < 1.29 is 19.4 Å². The molecule has 1 fully saturated rings. The highest BCUT2D eigenvalue weighted by atomic mass is 16.6. The van der Waals surface area contributed by atoms with Crippen LogP contribution in [0, 0.1) is 5.92 Å². The van der Waals surface area contributed by atoms with Gasteiger partial charge in [0.15, 0.2) is 0 Å². The summed E-state index contributed by atoms with van der Waals surface area (Å²) in [6, 6.07) is 15.0. The summed E-state index contributed by atoms with van der Waals surface area (Å²) in [5, 5.41) is 13.1. The number of likely N-dealkylation sites (tertiary alicyclic amines) is 1. The molecule has 0 bridgehead atoms. The van der Waals surface area contributed by atoms with Crippen LogP contribution >= 0.6 is 0 Å². The van der Waals surface area contributed by atoms with Gasteiger partial charge in [-0.1, -0.05) is 43.0 Å². The van der Waals surface area contributed by atoms with E-state index < -0.39 is 5.97 Å². The van der Waals surface area contributed by atoms with Crippen molar-refractivity contribution in [3.63, 3.8) is 0 Å². The molecule has 2 aliphatic heterocycles. The summed E-state index contributed by atoms with van der Waals surface area (Å²) >= 11 is 0. The summed E-state index contributed by atoms with van der Waals surface area (Å²) in [5.41, 5.74) is 3.05. The number of fused-ring (bicyclic) bond motifs is 3. The molecule has 29 heavy (non-hydrogen) atoms. The van der Waals surface area contributed by atoms with Gasteiger partial charge in [-0.05, 0) is 42.2 Å². The van der Waals surface area contributed by atoms with Crippen molar-refractivity contribution >= 4 is 17.7 Å². The number of carboxylic acid groups (broad SMARTS) is 1. The Morgan fingerprint density at radius 1 is 1.24 bits per heavy atom. The van der Waals surface area contributed by atoms with Crippen LogP contribution in [-0.2, 0) is 4.74 Å². The number of nitrogens with one attached hydrogen (secondary N) is 1. The molecule has 0 aromatic heterocycles. The number of ether oxygens (including phenoxy) is 1. The normalized spacial score (nSPS) is 22.6. The van der Waals surface area contributed by atoms with Gasteiger partial charge in [0.1, 0.15) is 6.61 Å². The maximum absolute atomic E-state index is 12.8. The SMILES string of the molecule is C=CCOC(=O)N1CCCC2C(c3ccccc3)Nc3ccc(C(=O)O)cc3C21. The molecule has 0 aliphatic carbocycles. The molecule has 2 aromatic carbocycles. The van der Waals surface area contributed by atoms with E-state index in [-0.39, 0.29) is 36.3 Å². The van der Waals surface area contributed by atoms with Crippen LogP contribution in [0.25, 0.3) is 0 Å². The fraction of sp³-hybridized carbons (Fsp3) is 0.304. The van der Waals surface area contributed by atoms with Gasteiger partial charge in [-0.2, -0.15) is 0 Å². The van der Waals surface area contributed by atoms with Crippen molar-refractivity contribution in [2.75, 3.05) is 18.5 Å². The zero-order valence-corrected chi connectivity index (χ0v) is 16.1. The number of nitrogens with zero attached hydrogens (tertiary/aromatic N) is 1. The molecule has 6 heteroatoms. The van der Waals surface area contributed by atoms with Gasteiger partial charge in [0.25, 0.3) is 0 Å². The Labute approximate surface area is 169 Å². The minimum atomic E-state index is -0.980. The number of anilines is 1. The Bertz CT molecular complexity index is 928. The molecule has 1 amide bonds. The number of hydrogen-bond acceptors (Lipinski definition) is 4. The van der Waals surface area contributed by atoms with Crippen LogP contribution in [0.15, 0.2) is 61.2 Å². The molecule has 6 nitrogen and oxygen atoms in total. The lowest BCUT2D eigenvalue weighted by atomic mass is 9.74. The van der Waals surface area contributed by atoms with Crippen LogP contribution in [-0.4, -0.2) is 35.2 Å². The summed E-state index contributed by atoms with van der Waals surface area (Å²) < 4.78 is 5.35. The van der Waals surface area contributed by atoms with Crippen molar-refractivity contribution in [2.24, 2.45) is 5.92 Å². The van der Waals surface area contributed by atoms with E-state index in [2.05, 4.69) is 24.0 Å². The summed E-state index contributed by atoms with van der Waals surface area (Å²) in [5.74, 6) is -0.870. The van der Waals surface area contributed by atoms with Crippen LogP contribution in [0.1, 0.15) is 46.4 Å². The topological polar surface area (TPSA) is 78.9 Å². The molecule has 0 saturated carbocycles. The lowest BCUT2D eigenvalue weighted by Gasteiger charge is -2.48. The second kappa shape index (κ2) is 7.99. The third-order valence-electron chi connectivity index (χ3n) is 5.75. The first-order valence-corrected chi connectivity index (χ1v) is 9.83. The first-order chi connectivity index (χ1) is 14.1. The Kier molecular flexibility index (Phi) is 5.25. The van der Waals surface area contributed by atoms with Crippen molar-refractivity contribution in [2.45, 2.75) is 24.9 Å². The maximum Gasteiger partial charge on any atom is 0.410 e. The smallest absolute Gasteiger partial charge is 0.410 e. The van der Waals surface area contributed by atoms with E-state index in [4.69, 9.17) is 4.74 Å². The number of amides is 1. The third kappa shape index (κ3) is 3.58. The average Bonchev–Trinajstić information content (AvgIpc) is 2.76. The average molecular weight is 392 g/mol. The number of hydrogen-bond donors (Lipinski definition) is 2.